The van der Waals surface area contributed by atoms with Gasteiger partial charge in [-0.25, -0.2) is 35.4 Å². The van der Waals surface area contributed by atoms with Crippen LogP contribution in [0.25, 0.3) is 22.0 Å². The van der Waals surface area contributed by atoms with Crippen LogP contribution < -0.4 is 10.0 Å². The smallest absolute Gasteiger partial charge is 0.292 e. The van der Waals surface area contributed by atoms with Gasteiger partial charge in [-0.1, -0.05) is 19.8 Å². The van der Waals surface area contributed by atoms with E-state index >= 15 is 13.2 Å². The number of aliphatic hydroxyl groups is 1. The summed E-state index contributed by atoms with van der Waals surface area (Å²) < 4.78 is 132. The Balaban J connectivity index is 1.54. The number of aromatic nitrogens is 5. The van der Waals surface area contributed by atoms with Crippen molar-refractivity contribution in [2.24, 2.45) is 13.0 Å². The molecule has 3 aromatic heterocycles. The monoisotopic (exact) mass is 819 g/mol. The molecule has 11 nitrogen and oxygen atoms in total. The maximum absolute atomic E-state index is 15.6. The minimum absolute atomic E-state index is 0.00268. The van der Waals surface area contributed by atoms with Crippen molar-refractivity contribution in [1.82, 2.24) is 29.9 Å². The molecule has 0 spiro atoms. The average molecular weight is 820 g/mol. The van der Waals surface area contributed by atoms with E-state index in [1.165, 1.54) is 57.6 Å². The van der Waals surface area contributed by atoms with Crippen LogP contribution in [-0.2, 0) is 40.8 Å². The number of carbonyl (C=O) groups is 1. The molecule has 1 aliphatic rings. The number of hydrogen-bond acceptors (Lipinski definition) is 7. The zero-order valence-corrected chi connectivity index (χ0v) is 32.0. The van der Waals surface area contributed by atoms with Gasteiger partial charge < -0.3 is 10.4 Å². The molecule has 302 valence electrons. The number of alkyl halides is 4. The topological polar surface area (TPSA) is 144 Å². The fourth-order valence-corrected chi connectivity index (χ4v) is 7.50. The van der Waals surface area contributed by atoms with Crippen LogP contribution in [0.3, 0.4) is 0 Å². The highest BCUT2D eigenvalue weighted by molar-refractivity contribution is 7.92. The molecule has 57 heavy (non-hydrogen) atoms. The lowest BCUT2D eigenvalue weighted by atomic mass is 9.93. The molecule has 3 heterocycles. The van der Waals surface area contributed by atoms with Crippen molar-refractivity contribution in [3.63, 3.8) is 0 Å². The molecule has 0 unspecified atom stereocenters. The Morgan fingerprint density at radius 1 is 1.02 bits per heavy atom. The zero-order valence-electron chi connectivity index (χ0n) is 31.2. The molecule has 3 N–H and O–H groups in total. The molecule has 0 radical (unpaired) electrons. The van der Waals surface area contributed by atoms with Crippen molar-refractivity contribution in [1.29, 1.82) is 0 Å². The fourth-order valence-electron chi connectivity index (χ4n) is 7.00. The Kier molecular flexibility index (Phi) is 10.7. The minimum atomic E-state index is -3.94. The van der Waals surface area contributed by atoms with E-state index in [1.807, 2.05) is 0 Å². The summed E-state index contributed by atoms with van der Waals surface area (Å²) in [4.78, 5) is 18.6. The molecule has 0 bridgehead atoms. The van der Waals surface area contributed by atoms with Crippen LogP contribution in [0.5, 0.6) is 0 Å². The minimum Gasteiger partial charge on any atom is -0.378 e. The van der Waals surface area contributed by atoms with E-state index in [4.69, 9.17) is 0 Å². The third-order valence-electron chi connectivity index (χ3n) is 9.57. The number of aryl methyl sites for hydroxylation is 1. The molecule has 0 aliphatic heterocycles. The quantitative estimate of drug-likeness (QED) is 0.106. The van der Waals surface area contributed by atoms with Crippen molar-refractivity contribution in [2.45, 2.75) is 70.6 Å². The lowest BCUT2D eigenvalue weighted by Gasteiger charge is -2.23. The van der Waals surface area contributed by atoms with Crippen LogP contribution in [0.15, 0.2) is 42.5 Å². The standard InChI is InChI=1S/C38H36F7N7O4S/c1-18-19(2)38(44,45)34-29(18)32(35(42)43)48-52(34)17-28(53)47-27(15-20-13-21(39)16-22(40)14-20)31-24(8-7-23(46-31)11-12-37(3,4)54)25-9-10-26(41)30-33(25)51(5)49-36(30)50-57(6,55)56/h7-10,13-14,16,18-19,27,35,54H,15,17H2,1-6H3,(H,47,53)(H,49,50)/t18-,19+,27-/m0/s1. The summed E-state index contributed by atoms with van der Waals surface area (Å²) in [6.45, 7) is 4.41. The number of nitrogens with zero attached hydrogens (tertiary/aromatic N) is 5. The number of carbonyl (C=O) groups excluding carboxylic acids is 1. The number of rotatable bonds is 10. The van der Waals surface area contributed by atoms with Crippen molar-refractivity contribution >= 4 is 32.7 Å². The highest BCUT2D eigenvalue weighted by atomic mass is 32.2. The van der Waals surface area contributed by atoms with Crippen LogP contribution >= 0.6 is 0 Å². The van der Waals surface area contributed by atoms with E-state index in [0.717, 1.165) is 24.5 Å². The van der Waals surface area contributed by atoms with Crippen molar-refractivity contribution in [3.8, 4) is 23.0 Å². The molecule has 5 aromatic rings. The highest BCUT2D eigenvalue weighted by Gasteiger charge is 2.55. The van der Waals surface area contributed by atoms with E-state index in [2.05, 4.69) is 37.1 Å². The maximum Gasteiger partial charge on any atom is 0.292 e. The van der Waals surface area contributed by atoms with E-state index in [-0.39, 0.29) is 50.4 Å². The number of halogens is 7. The van der Waals surface area contributed by atoms with Gasteiger partial charge in [0.05, 0.1) is 28.9 Å². The predicted molar refractivity (Wildman–Crippen MR) is 195 cm³/mol. The molecule has 3 atom stereocenters. The van der Waals surface area contributed by atoms with E-state index in [0.29, 0.717) is 10.7 Å². The van der Waals surface area contributed by atoms with Crippen LogP contribution in [0, 0.1) is 35.2 Å². The Bertz CT molecular complexity index is 2570. The Labute approximate surface area is 322 Å². The van der Waals surface area contributed by atoms with E-state index in [1.54, 1.807) is 0 Å². The van der Waals surface area contributed by atoms with Gasteiger partial charge in [0.15, 0.2) is 5.82 Å². The molecular weight excluding hydrogens is 784 g/mol. The normalized spacial score (nSPS) is 17.0. The van der Waals surface area contributed by atoms with Gasteiger partial charge in [-0.15, -0.1) is 0 Å². The van der Waals surface area contributed by atoms with Crippen molar-refractivity contribution < 1.29 is 49.1 Å². The number of pyridine rings is 1. The van der Waals surface area contributed by atoms with E-state index in [9.17, 15) is 35.9 Å². The molecule has 1 amide bonds. The summed E-state index contributed by atoms with van der Waals surface area (Å²) in [5.41, 5.74) is -3.21. The second kappa shape index (κ2) is 14.8. The summed E-state index contributed by atoms with van der Waals surface area (Å²) in [5, 5.41) is 20.6. The van der Waals surface area contributed by atoms with Gasteiger partial charge >= 0.3 is 0 Å². The summed E-state index contributed by atoms with van der Waals surface area (Å²) in [7, 11) is -2.53. The van der Waals surface area contributed by atoms with Gasteiger partial charge in [-0.3, -0.25) is 18.9 Å². The summed E-state index contributed by atoms with van der Waals surface area (Å²) in [5.74, 6) is -4.87. The number of anilines is 1. The number of benzene rings is 2. The third kappa shape index (κ3) is 8.33. The van der Waals surface area contributed by atoms with Crippen LogP contribution in [0.2, 0.25) is 0 Å². The summed E-state index contributed by atoms with van der Waals surface area (Å²) >= 11 is 0. The van der Waals surface area contributed by atoms with Gasteiger partial charge in [0.1, 0.15) is 46.7 Å². The Morgan fingerprint density at radius 3 is 2.28 bits per heavy atom. The van der Waals surface area contributed by atoms with Gasteiger partial charge in [0.25, 0.3) is 12.3 Å². The first-order chi connectivity index (χ1) is 26.4. The molecule has 6 rings (SSSR count). The summed E-state index contributed by atoms with van der Waals surface area (Å²) in [6, 6.07) is 6.47. The first-order valence-corrected chi connectivity index (χ1v) is 19.3. The van der Waals surface area contributed by atoms with Crippen LogP contribution in [0.4, 0.5) is 36.6 Å². The molecule has 2 aromatic carbocycles. The molecular formula is C38H36F7N7O4S. The SMILES string of the molecule is C[C@@H]1c2c(C(F)F)nn(CC(=O)N[C@@H](Cc3cc(F)cc(F)c3)c3nc(C#CC(C)(C)O)ccc3-c3ccc(F)c4c(NS(C)(=O)=O)nn(C)c34)c2C(F)(F)[C@@H]1C. The van der Waals surface area contributed by atoms with Gasteiger partial charge in [-0.05, 0) is 74.1 Å². The molecule has 1 aliphatic carbocycles. The Hall–Kier alpha value is -5.48. The van der Waals surface area contributed by atoms with Crippen molar-refractivity contribution in [3.05, 3.63) is 93.8 Å². The van der Waals surface area contributed by atoms with Gasteiger partial charge in [0, 0.05) is 35.7 Å². The number of amides is 1. The predicted octanol–water partition coefficient (Wildman–Crippen LogP) is 6.63. The third-order valence-corrected chi connectivity index (χ3v) is 10.1. The Morgan fingerprint density at radius 2 is 1.67 bits per heavy atom. The molecule has 0 saturated heterocycles. The number of sulfonamides is 1. The number of hydrogen-bond donors (Lipinski definition) is 3. The largest absolute Gasteiger partial charge is 0.378 e. The second-order valence-electron chi connectivity index (χ2n) is 14.5. The van der Waals surface area contributed by atoms with Gasteiger partial charge in [0.2, 0.25) is 15.9 Å². The van der Waals surface area contributed by atoms with Crippen LogP contribution in [0.1, 0.15) is 80.0 Å². The number of nitrogens with one attached hydrogen (secondary N) is 2. The zero-order chi connectivity index (χ0) is 41.9. The fraction of sp³-hybridized carbons (Fsp3) is 0.368. The molecule has 0 saturated carbocycles. The van der Waals surface area contributed by atoms with Crippen molar-refractivity contribution in [2.75, 3.05) is 11.0 Å². The lowest BCUT2D eigenvalue weighted by Crippen LogP contribution is -2.35. The van der Waals surface area contributed by atoms with Gasteiger partial charge in [-0.2, -0.15) is 19.0 Å². The number of fused-ring (bicyclic) bond motifs is 2. The molecule has 0 fully saturated rings. The first-order valence-electron chi connectivity index (χ1n) is 17.4. The van der Waals surface area contributed by atoms with Crippen LogP contribution in [-0.4, -0.2) is 55.8 Å². The first kappa shape index (κ1) is 41.2. The summed E-state index contributed by atoms with van der Waals surface area (Å²) in [6.07, 6.45) is -2.78. The molecule has 19 heteroatoms. The maximum atomic E-state index is 15.6. The van der Waals surface area contributed by atoms with E-state index < -0.39 is 93.6 Å². The second-order valence-corrected chi connectivity index (χ2v) is 16.3. The highest BCUT2D eigenvalue weighted by Crippen LogP contribution is 2.54. The lowest BCUT2D eigenvalue weighted by molar-refractivity contribution is -0.123. The average Bonchev–Trinajstić information content (AvgIpc) is 3.68.